The van der Waals surface area contributed by atoms with Gasteiger partial charge in [0, 0.05) is 16.3 Å². The predicted octanol–water partition coefficient (Wildman–Crippen LogP) is 6.43. The third-order valence-corrected chi connectivity index (χ3v) is 7.41. The lowest BCUT2D eigenvalue weighted by Gasteiger charge is -2.11. The number of aromatic nitrogens is 3. The summed E-state index contributed by atoms with van der Waals surface area (Å²) in [6.45, 7) is 0.422. The molecule has 9 nitrogen and oxygen atoms in total. The molecule has 1 N–H and O–H groups in total. The van der Waals surface area contributed by atoms with Gasteiger partial charge in [-0.25, -0.2) is 5.43 Å². The number of hydrogen-bond donors (Lipinski definition) is 1. The molecule has 0 aliphatic rings. The Balaban J connectivity index is 1.23. The van der Waals surface area contributed by atoms with Crippen LogP contribution in [0.4, 0.5) is 0 Å². The molecule has 0 aliphatic heterocycles. The normalized spacial score (nSPS) is 11.0. The van der Waals surface area contributed by atoms with E-state index in [2.05, 4.69) is 20.7 Å². The largest absolute Gasteiger partial charge is 0.497 e. The van der Waals surface area contributed by atoms with E-state index in [1.165, 1.54) is 11.8 Å². The minimum absolute atomic E-state index is 0.0707. The zero-order valence-corrected chi connectivity index (χ0v) is 25.0. The van der Waals surface area contributed by atoms with Gasteiger partial charge in [0.05, 0.1) is 26.2 Å². The van der Waals surface area contributed by atoms with E-state index in [1.54, 1.807) is 38.6 Å². The van der Waals surface area contributed by atoms with Crippen LogP contribution < -0.4 is 19.6 Å². The highest BCUT2D eigenvalue weighted by atomic mass is 35.5. The van der Waals surface area contributed by atoms with E-state index in [9.17, 15) is 4.79 Å². The maximum absolute atomic E-state index is 12.7. The molecule has 5 rings (SSSR count). The van der Waals surface area contributed by atoms with Crippen molar-refractivity contribution >= 4 is 35.5 Å². The van der Waals surface area contributed by atoms with Gasteiger partial charge in [-0.3, -0.25) is 9.36 Å². The van der Waals surface area contributed by atoms with Crippen molar-refractivity contribution in [2.75, 3.05) is 20.0 Å². The molecular weight excluding hydrogens is 586 g/mol. The fourth-order valence-electron chi connectivity index (χ4n) is 4.07. The van der Waals surface area contributed by atoms with E-state index < -0.39 is 0 Å². The third-order valence-electron chi connectivity index (χ3n) is 6.23. The lowest BCUT2D eigenvalue weighted by Crippen LogP contribution is -2.20. The minimum Gasteiger partial charge on any atom is -0.497 e. The molecule has 0 saturated heterocycles. The van der Waals surface area contributed by atoms with Gasteiger partial charge in [-0.05, 0) is 77.9 Å². The molecule has 0 saturated carbocycles. The van der Waals surface area contributed by atoms with E-state index in [-0.39, 0.29) is 11.7 Å². The van der Waals surface area contributed by atoms with Crippen molar-refractivity contribution in [3.05, 3.63) is 113 Å². The molecule has 5 aromatic rings. The summed E-state index contributed by atoms with van der Waals surface area (Å²) in [5.74, 6) is 2.31. The Bertz CT molecular complexity index is 1690. The van der Waals surface area contributed by atoms with Gasteiger partial charge in [0.1, 0.15) is 12.4 Å². The second kappa shape index (κ2) is 14.4. The number of nitrogens with one attached hydrogen (secondary N) is 1. The summed E-state index contributed by atoms with van der Waals surface area (Å²) in [6, 6.07) is 30.2. The molecule has 43 heavy (non-hydrogen) atoms. The highest BCUT2D eigenvalue weighted by Gasteiger charge is 2.17. The predicted molar refractivity (Wildman–Crippen MR) is 169 cm³/mol. The number of thioether (sulfide) groups is 1. The van der Waals surface area contributed by atoms with Crippen LogP contribution in [0.3, 0.4) is 0 Å². The number of nitrogens with zero attached hydrogens (tertiary/aromatic N) is 4. The first kappa shape index (κ1) is 29.7. The zero-order valence-electron chi connectivity index (χ0n) is 23.4. The number of rotatable bonds is 12. The van der Waals surface area contributed by atoms with Crippen molar-refractivity contribution in [1.29, 1.82) is 0 Å². The van der Waals surface area contributed by atoms with Crippen molar-refractivity contribution in [1.82, 2.24) is 20.2 Å². The zero-order chi connectivity index (χ0) is 30.0. The third kappa shape index (κ3) is 7.73. The molecule has 0 unspecified atom stereocenters. The lowest BCUT2D eigenvalue weighted by molar-refractivity contribution is -0.118. The van der Waals surface area contributed by atoms with Crippen LogP contribution in [0, 0.1) is 0 Å². The van der Waals surface area contributed by atoms with Crippen LogP contribution in [-0.2, 0) is 11.4 Å². The Morgan fingerprint density at radius 2 is 1.70 bits per heavy atom. The first-order chi connectivity index (χ1) is 21.0. The summed E-state index contributed by atoms with van der Waals surface area (Å²) in [7, 11) is 3.19. The lowest BCUT2D eigenvalue weighted by atomic mass is 10.2. The Labute approximate surface area is 258 Å². The van der Waals surface area contributed by atoms with E-state index in [0.29, 0.717) is 34.1 Å². The second-order valence-electron chi connectivity index (χ2n) is 9.11. The molecule has 0 aliphatic carbocycles. The van der Waals surface area contributed by atoms with Gasteiger partial charge in [-0.2, -0.15) is 5.10 Å². The molecule has 0 bridgehead atoms. The van der Waals surface area contributed by atoms with Crippen LogP contribution in [-0.4, -0.2) is 46.9 Å². The highest BCUT2D eigenvalue weighted by molar-refractivity contribution is 7.99. The van der Waals surface area contributed by atoms with Gasteiger partial charge >= 0.3 is 0 Å². The summed E-state index contributed by atoms with van der Waals surface area (Å²) < 4.78 is 18.5. The van der Waals surface area contributed by atoms with Crippen molar-refractivity contribution in [3.63, 3.8) is 0 Å². The number of benzene rings is 4. The van der Waals surface area contributed by atoms with Crippen LogP contribution in [0.15, 0.2) is 107 Å². The molecule has 1 aromatic heterocycles. The van der Waals surface area contributed by atoms with Crippen LogP contribution in [0.2, 0.25) is 5.02 Å². The summed E-state index contributed by atoms with van der Waals surface area (Å²) in [6.07, 6.45) is 1.55. The molecule has 0 spiro atoms. The average Bonchev–Trinajstić information content (AvgIpc) is 3.48. The SMILES string of the molecule is COc1ccc(-c2nnc(SCC(=O)NN=Cc3ccc(OCc4ccccc4)c(OC)c3)n2-c2ccc(Cl)cc2)cc1. The van der Waals surface area contributed by atoms with Gasteiger partial charge < -0.3 is 14.2 Å². The Morgan fingerprint density at radius 3 is 2.42 bits per heavy atom. The monoisotopic (exact) mass is 613 g/mol. The summed E-state index contributed by atoms with van der Waals surface area (Å²) in [5.41, 5.74) is 6.02. The topological polar surface area (TPSA) is 99.9 Å². The van der Waals surface area contributed by atoms with E-state index >= 15 is 0 Å². The van der Waals surface area contributed by atoms with E-state index in [4.69, 9.17) is 25.8 Å². The molecular formula is C32H28ClN5O4S. The molecule has 218 valence electrons. The maximum Gasteiger partial charge on any atom is 0.250 e. The summed E-state index contributed by atoms with van der Waals surface area (Å²) in [5, 5.41) is 14.0. The number of methoxy groups -OCH3 is 2. The van der Waals surface area contributed by atoms with Crippen LogP contribution >= 0.6 is 23.4 Å². The fourth-order valence-corrected chi connectivity index (χ4v) is 4.94. The number of hydrazone groups is 1. The Morgan fingerprint density at radius 1 is 0.930 bits per heavy atom. The maximum atomic E-state index is 12.7. The standard InChI is InChI=1S/C32H28ClN5O4S/c1-40-27-15-9-24(10-16-27)31-36-37-32(38(31)26-13-11-25(33)12-14-26)43-21-30(39)35-34-19-23-8-17-28(29(18-23)41-2)42-20-22-6-4-3-5-7-22/h3-19H,20-21H2,1-2H3,(H,35,39). The van der Waals surface area contributed by atoms with Crippen LogP contribution in [0.5, 0.6) is 17.2 Å². The number of carbonyl (C=O) groups excluding carboxylic acids is 1. The smallest absolute Gasteiger partial charge is 0.250 e. The molecule has 4 aromatic carbocycles. The van der Waals surface area contributed by atoms with Gasteiger partial charge in [-0.15, -0.1) is 10.2 Å². The molecule has 1 heterocycles. The fraction of sp³-hybridized carbons (Fsp3) is 0.125. The number of amides is 1. The van der Waals surface area contributed by atoms with Crippen LogP contribution in [0.1, 0.15) is 11.1 Å². The number of carbonyl (C=O) groups is 1. The van der Waals surface area contributed by atoms with E-state index in [1.807, 2.05) is 83.4 Å². The van der Waals surface area contributed by atoms with Crippen molar-refractivity contribution in [3.8, 4) is 34.3 Å². The van der Waals surface area contributed by atoms with Crippen molar-refractivity contribution < 1.29 is 19.0 Å². The number of hydrogen-bond acceptors (Lipinski definition) is 8. The van der Waals surface area contributed by atoms with E-state index in [0.717, 1.165) is 28.1 Å². The molecule has 0 radical (unpaired) electrons. The van der Waals surface area contributed by atoms with Gasteiger partial charge in [0.25, 0.3) is 5.91 Å². The number of ether oxygens (including phenoxy) is 3. The summed E-state index contributed by atoms with van der Waals surface area (Å²) >= 11 is 7.37. The van der Waals surface area contributed by atoms with Crippen molar-refractivity contribution in [2.45, 2.75) is 11.8 Å². The van der Waals surface area contributed by atoms with Crippen LogP contribution in [0.25, 0.3) is 17.1 Å². The van der Waals surface area contributed by atoms with Gasteiger partial charge in [-0.1, -0.05) is 53.7 Å². The number of halogens is 1. The van der Waals surface area contributed by atoms with Gasteiger partial charge in [0.15, 0.2) is 22.5 Å². The first-order valence-corrected chi connectivity index (χ1v) is 14.6. The highest BCUT2D eigenvalue weighted by Crippen LogP contribution is 2.30. The quantitative estimate of drug-likeness (QED) is 0.0984. The Kier molecular flexibility index (Phi) is 9.94. The molecule has 11 heteroatoms. The first-order valence-electron chi connectivity index (χ1n) is 13.2. The molecule has 0 fully saturated rings. The van der Waals surface area contributed by atoms with Crippen molar-refractivity contribution in [2.24, 2.45) is 5.10 Å². The minimum atomic E-state index is -0.298. The Hall–Kier alpha value is -4.80. The summed E-state index contributed by atoms with van der Waals surface area (Å²) in [4.78, 5) is 12.7. The molecule has 0 atom stereocenters. The second-order valence-corrected chi connectivity index (χ2v) is 10.5. The average molecular weight is 614 g/mol. The molecule has 1 amide bonds. The van der Waals surface area contributed by atoms with Gasteiger partial charge in [0.2, 0.25) is 0 Å².